The number of hydrogen-bond acceptors (Lipinski definition) is 8. The highest BCUT2D eigenvalue weighted by Gasteiger charge is 2.36. The van der Waals surface area contributed by atoms with E-state index in [1.165, 1.54) is 30.8 Å². The van der Waals surface area contributed by atoms with Gasteiger partial charge < -0.3 is 19.1 Å². The summed E-state index contributed by atoms with van der Waals surface area (Å²) in [6, 6.07) is 11.7. The van der Waals surface area contributed by atoms with E-state index >= 15 is 0 Å². The summed E-state index contributed by atoms with van der Waals surface area (Å²) in [4.78, 5) is 46.6. The highest BCUT2D eigenvalue weighted by molar-refractivity contribution is 7.07. The number of methoxy groups -OCH3 is 3. The van der Waals surface area contributed by atoms with Gasteiger partial charge in [0, 0.05) is 12.6 Å². The van der Waals surface area contributed by atoms with Crippen LogP contribution in [0.1, 0.15) is 24.1 Å². The van der Waals surface area contributed by atoms with Gasteiger partial charge in [-0.25, -0.2) is 9.79 Å². The summed E-state index contributed by atoms with van der Waals surface area (Å²) in [6.45, 7) is 1.70. The van der Waals surface area contributed by atoms with E-state index in [1.54, 1.807) is 32.2 Å². The van der Waals surface area contributed by atoms with E-state index in [9.17, 15) is 14.4 Å². The second kappa shape index (κ2) is 8.80. The zero-order valence-corrected chi connectivity index (χ0v) is 21.1. The van der Waals surface area contributed by atoms with Crippen LogP contribution in [-0.4, -0.2) is 44.8 Å². The molecule has 0 fully saturated rings. The Morgan fingerprint density at radius 3 is 2.44 bits per heavy atom. The maximum absolute atomic E-state index is 14.0. The van der Waals surface area contributed by atoms with Gasteiger partial charge in [-0.1, -0.05) is 35.6 Å². The average molecular weight is 506 g/mol. The minimum atomic E-state index is -0.840. The predicted octanol–water partition coefficient (Wildman–Crippen LogP) is 1.77. The Hall–Kier alpha value is -4.18. The molecule has 2 aliphatic heterocycles. The lowest BCUT2D eigenvalue weighted by Gasteiger charge is -2.25. The summed E-state index contributed by atoms with van der Waals surface area (Å²) in [5, 5.41) is 0. The summed E-state index contributed by atoms with van der Waals surface area (Å²) in [7, 11) is 6.00. The molecule has 1 atom stereocenters. The van der Waals surface area contributed by atoms with Crippen LogP contribution in [0, 0.1) is 0 Å². The minimum absolute atomic E-state index is 0.226. The fourth-order valence-electron chi connectivity index (χ4n) is 4.67. The smallest absolute Gasteiger partial charge is 0.338 e. The van der Waals surface area contributed by atoms with Crippen molar-refractivity contribution >= 4 is 34.5 Å². The average Bonchev–Trinajstić information content (AvgIpc) is 3.34. The molecule has 3 heterocycles. The lowest BCUT2D eigenvalue weighted by Crippen LogP contribution is -2.40. The predicted molar refractivity (Wildman–Crippen MR) is 134 cm³/mol. The zero-order chi connectivity index (χ0) is 25.7. The largest absolute Gasteiger partial charge is 0.493 e. The number of ether oxygens (including phenoxy) is 3. The molecule has 36 heavy (non-hydrogen) atoms. The molecule has 184 valence electrons. The summed E-state index contributed by atoms with van der Waals surface area (Å²) in [6.07, 6.45) is 0. The van der Waals surface area contributed by atoms with Crippen LogP contribution in [0.3, 0.4) is 0 Å². The third-order valence-corrected chi connectivity index (χ3v) is 7.46. The zero-order valence-electron chi connectivity index (χ0n) is 20.3. The minimum Gasteiger partial charge on any atom is -0.493 e. The summed E-state index contributed by atoms with van der Waals surface area (Å²) in [5.74, 6) is 0.0803. The number of aromatic nitrogens is 1. The van der Waals surface area contributed by atoms with Crippen molar-refractivity contribution in [2.24, 2.45) is 4.99 Å². The number of likely N-dealkylation sites (N-methyl/N-ethyl adjacent to an activating group) is 1. The molecular formula is C26H23N3O6S. The molecule has 3 aromatic rings. The third-order valence-electron chi connectivity index (χ3n) is 6.41. The molecule has 2 aromatic carbocycles. The molecule has 0 bridgehead atoms. The number of carbonyl (C=O) groups excluding carboxylic acids is 2. The van der Waals surface area contributed by atoms with E-state index in [0.29, 0.717) is 38.7 Å². The van der Waals surface area contributed by atoms with Crippen molar-refractivity contribution in [1.82, 2.24) is 4.57 Å². The van der Waals surface area contributed by atoms with Gasteiger partial charge >= 0.3 is 5.97 Å². The van der Waals surface area contributed by atoms with Gasteiger partial charge in [0.2, 0.25) is 0 Å². The van der Waals surface area contributed by atoms with E-state index in [2.05, 4.69) is 4.99 Å². The van der Waals surface area contributed by atoms with Crippen molar-refractivity contribution in [3.8, 4) is 11.5 Å². The summed E-state index contributed by atoms with van der Waals surface area (Å²) < 4.78 is 17.6. The standard InChI is InChI=1S/C26H23N3O6S/c1-13-19(25(32)35-5)21(14-10-11-17(33-3)18(12-14)34-4)29-24(31)22(36-26(29)27-13)20-15-8-6-7-9-16(15)28(2)23(20)30/h6-12,21H,1-5H3/b22-20-/t21-/m0/s1. The second-order valence-corrected chi connectivity index (χ2v) is 9.24. The third kappa shape index (κ3) is 3.36. The van der Waals surface area contributed by atoms with Crippen molar-refractivity contribution < 1.29 is 23.8 Å². The van der Waals surface area contributed by atoms with Gasteiger partial charge in [-0.3, -0.25) is 14.2 Å². The van der Waals surface area contributed by atoms with Gasteiger partial charge in [-0.15, -0.1) is 0 Å². The van der Waals surface area contributed by atoms with E-state index in [-0.39, 0.29) is 16.0 Å². The van der Waals surface area contributed by atoms with Crippen LogP contribution in [0.2, 0.25) is 0 Å². The Balaban J connectivity index is 1.84. The van der Waals surface area contributed by atoms with E-state index < -0.39 is 17.6 Å². The molecule has 0 unspecified atom stereocenters. The number of allylic oxidation sites excluding steroid dienone is 1. The van der Waals surface area contributed by atoms with Gasteiger partial charge in [0.05, 0.1) is 49.9 Å². The van der Waals surface area contributed by atoms with Crippen LogP contribution >= 0.6 is 11.3 Å². The highest BCUT2D eigenvalue weighted by atomic mass is 32.1. The number of amides is 1. The van der Waals surface area contributed by atoms with Gasteiger partial charge in [-0.2, -0.15) is 0 Å². The summed E-state index contributed by atoms with van der Waals surface area (Å²) >= 11 is 1.13. The van der Waals surface area contributed by atoms with Gasteiger partial charge in [-0.05, 0) is 30.7 Å². The normalized spacial score (nSPS) is 18.0. The Kier molecular flexibility index (Phi) is 5.76. The molecule has 10 heteroatoms. The van der Waals surface area contributed by atoms with Crippen LogP contribution in [0.15, 0.2) is 63.5 Å². The van der Waals surface area contributed by atoms with Crippen LogP contribution < -0.4 is 29.3 Å². The molecule has 5 rings (SSSR count). The maximum atomic E-state index is 14.0. The quantitative estimate of drug-likeness (QED) is 0.501. The molecule has 0 aliphatic carbocycles. The first-order valence-corrected chi connectivity index (χ1v) is 11.9. The molecule has 1 amide bonds. The first kappa shape index (κ1) is 23.6. The number of carbonyl (C=O) groups is 2. The molecule has 9 nitrogen and oxygen atoms in total. The molecule has 0 radical (unpaired) electrons. The summed E-state index contributed by atoms with van der Waals surface area (Å²) in [5.41, 5.74) is 2.58. The Labute approximate surface area is 210 Å². The number of rotatable bonds is 4. The molecule has 0 saturated carbocycles. The molecule has 2 aliphatic rings. The topological polar surface area (TPSA) is 99.4 Å². The molecular weight excluding hydrogens is 482 g/mol. The second-order valence-electron chi connectivity index (χ2n) is 8.26. The lowest BCUT2D eigenvalue weighted by molar-refractivity contribution is -0.136. The number of benzene rings is 2. The highest BCUT2D eigenvalue weighted by Crippen LogP contribution is 2.37. The van der Waals surface area contributed by atoms with Crippen LogP contribution in [0.25, 0.3) is 5.57 Å². The number of hydrogen-bond donors (Lipinski definition) is 0. The van der Waals surface area contributed by atoms with Crippen molar-refractivity contribution in [1.29, 1.82) is 0 Å². The monoisotopic (exact) mass is 505 g/mol. The Morgan fingerprint density at radius 1 is 1.03 bits per heavy atom. The van der Waals surface area contributed by atoms with Crippen molar-refractivity contribution in [3.05, 3.63) is 84.5 Å². The van der Waals surface area contributed by atoms with E-state index in [1.807, 2.05) is 24.3 Å². The van der Waals surface area contributed by atoms with Crippen molar-refractivity contribution in [3.63, 3.8) is 0 Å². The van der Waals surface area contributed by atoms with Gasteiger partial charge in [0.1, 0.15) is 4.53 Å². The Morgan fingerprint density at radius 2 is 1.75 bits per heavy atom. The van der Waals surface area contributed by atoms with Crippen LogP contribution in [0.4, 0.5) is 5.69 Å². The van der Waals surface area contributed by atoms with E-state index in [4.69, 9.17) is 14.2 Å². The van der Waals surface area contributed by atoms with Gasteiger partial charge in [0.15, 0.2) is 16.3 Å². The van der Waals surface area contributed by atoms with E-state index in [0.717, 1.165) is 17.0 Å². The van der Waals surface area contributed by atoms with Gasteiger partial charge in [0.25, 0.3) is 11.5 Å². The van der Waals surface area contributed by atoms with Crippen molar-refractivity contribution in [2.75, 3.05) is 33.3 Å². The number of esters is 1. The van der Waals surface area contributed by atoms with Crippen LogP contribution in [0.5, 0.6) is 11.5 Å². The molecule has 0 saturated heterocycles. The van der Waals surface area contributed by atoms with Crippen LogP contribution in [-0.2, 0) is 14.3 Å². The lowest BCUT2D eigenvalue weighted by atomic mass is 9.95. The number of anilines is 1. The first-order chi connectivity index (χ1) is 17.3. The number of nitrogens with zero attached hydrogens (tertiary/aromatic N) is 3. The molecule has 0 spiro atoms. The first-order valence-electron chi connectivity index (χ1n) is 11.0. The fourth-order valence-corrected chi connectivity index (χ4v) is 5.81. The maximum Gasteiger partial charge on any atom is 0.338 e. The number of para-hydroxylation sites is 1. The molecule has 1 aromatic heterocycles. The fraction of sp³-hybridized carbons (Fsp3) is 0.231. The van der Waals surface area contributed by atoms with Crippen molar-refractivity contribution in [2.45, 2.75) is 13.0 Å². The SMILES string of the molecule is COC(=O)C1=C(C)N=c2s/c(=C3\C(=O)N(C)c4ccccc43)c(=O)n2[C@H]1c1ccc(OC)c(OC)c1. The number of fused-ring (bicyclic) bond motifs is 2. The number of thiazole rings is 1. The Bertz CT molecular complexity index is 1650. The molecule has 0 N–H and O–H groups in total.